The van der Waals surface area contributed by atoms with Gasteiger partial charge in [-0.05, 0) is 32.6 Å². The van der Waals surface area contributed by atoms with E-state index in [0.717, 1.165) is 32.5 Å². The Balaban J connectivity index is 3.21. The van der Waals surface area contributed by atoms with Crippen LogP contribution in [0.5, 0.6) is 0 Å². The summed E-state index contributed by atoms with van der Waals surface area (Å²) >= 11 is 0. The highest BCUT2D eigenvalue weighted by atomic mass is 16.5. The molecule has 0 aliphatic carbocycles. The van der Waals surface area contributed by atoms with Gasteiger partial charge in [0.15, 0.2) is 0 Å². The smallest absolute Gasteiger partial charge is 0.237 e. The first-order valence-electron chi connectivity index (χ1n) is 7.67. The quantitative estimate of drug-likeness (QED) is 0.506. The number of amides is 1. The molecule has 0 aromatic rings. The minimum atomic E-state index is -0.876. The van der Waals surface area contributed by atoms with Crippen LogP contribution in [-0.4, -0.2) is 24.7 Å². The Hall–Kier alpha value is -0.610. The monoisotopic (exact) mass is 272 g/mol. The van der Waals surface area contributed by atoms with E-state index in [-0.39, 0.29) is 0 Å². The number of primary amides is 1. The van der Waals surface area contributed by atoms with Crippen molar-refractivity contribution in [2.45, 2.75) is 77.2 Å². The minimum Gasteiger partial charge on any atom is -0.381 e. The Labute approximate surface area is 118 Å². The molecule has 1 atom stereocenters. The van der Waals surface area contributed by atoms with Crippen LogP contribution < -0.4 is 11.5 Å². The molecular weight excluding hydrogens is 240 g/mol. The van der Waals surface area contributed by atoms with Crippen LogP contribution in [0, 0.1) is 0 Å². The zero-order valence-corrected chi connectivity index (χ0v) is 12.7. The number of hydrogen-bond donors (Lipinski definition) is 2. The van der Waals surface area contributed by atoms with Crippen molar-refractivity contribution in [1.82, 2.24) is 0 Å². The molecule has 19 heavy (non-hydrogen) atoms. The lowest BCUT2D eigenvalue weighted by molar-refractivity contribution is -0.122. The van der Waals surface area contributed by atoms with Gasteiger partial charge in [0.1, 0.15) is 0 Å². The SMILES string of the molecule is CCCCCCCCOCCCCC(C)(N)C(N)=O. The highest BCUT2D eigenvalue weighted by molar-refractivity contribution is 5.83. The summed E-state index contributed by atoms with van der Waals surface area (Å²) in [5.74, 6) is -0.430. The molecule has 0 aromatic heterocycles. The van der Waals surface area contributed by atoms with Gasteiger partial charge in [-0.15, -0.1) is 0 Å². The molecule has 0 aliphatic rings. The summed E-state index contributed by atoms with van der Waals surface area (Å²) in [5.41, 5.74) is 10.1. The van der Waals surface area contributed by atoms with E-state index >= 15 is 0 Å². The van der Waals surface area contributed by atoms with Gasteiger partial charge in [-0.25, -0.2) is 0 Å². The lowest BCUT2D eigenvalue weighted by atomic mass is 9.96. The summed E-state index contributed by atoms with van der Waals surface area (Å²) in [6, 6.07) is 0. The Kier molecular flexibility index (Phi) is 10.9. The Morgan fingerprint density at radius 3 is 2.11 bits per heavy atom. The fraction of sp³-hybridized carbons (Fsp3) is 0.933. The first-order valence-corrected chi connectivity index (χ1v) is 7.67. The van der Waals surface area contributed by atoms with Crippen molar-refractivity contribution >= 4 is 5.91 Å². The predicted molar refractivity (Wildman–Crippen MR) is 79.8 cm³/mol. The molecule has 114 valence electrons. The maximum Gasteiger partial charge on any atom is 0.237 e. The van der Waals surface area contributed by atoms with E-state index in [4.69, 9.17) is 16.2 Å². The van der Waals surface area contributed by atoms with Crippen molar-refractivity contribution in [1.29, 1.82) is 0 Å². The van der Waals surface area contributed by atoms with E-state index in [1.54, 1.807) is 6.92 Å². The van der Waals surface area contributed by atoms with Crippen LogP contribution in [0.15, 0.2) is 0 Å². The molecule has 0 saturated carbocycles. The van der Waals surface area contributed by atoms with Gasteiger partial charge in [-0.2, -0.15) is 0 Å². The van der Waals surface area contributed by atoms with E-state index in [1.807, 2.05) is 0 Å². The third-order valence-corrected chi connectivity index (χ3v) is 3.44. The molecule has 0 spiro atoms. The number of hydrogen-bond acceptors (Lipinski definition) is 3. The fourth-order valence-corrected chi connectivity index (χ4v) is 1.91. The standard InChI is InChI=1S/C15H32N2O2/c1-3-4-5-6-7-9-12-19-13-10-8-11-15(2,17)14(16)18/h3-13,17H2,1-2H3,(H2,16,18). The van der Waals surface area contributed by atoms with Gasteiger partial charge in [0, 0.05) is 13.2 Å². The van der Waals surface area contributed by atoms with E-state index in [9.17, 15) is 4.79 Å². The maximum absolute atomic E-state index is 11.0. The Morgan fingerprint density at radius 1 is 1.00 bits per heavy atom. The fourth-order valence-electron chi connectivity index (χ4n) is 1.91. The topological polar surface area (TPSA) is 78.3 Å². The predicted octanol–water partition coefficient (Wildman–Crippen LogP) is 2.74. The van der Waals surface area contributed by atoms with Crippen molar-refractivity contribution in [3.63, 3.8) is 0 Å². The first kappa shape index (κ1) is 18.4. The second-order valence-corrected chi connectivity index (χ2v) is 5.62. The summed E-state index contributed by atoms with van der Waals surface area (Å²) in [5, 5.41) is 0. The second kappa shape index (κ2) is 11.2. The molecule has 0 aliphatic heterocycles. The van der Waals surface area contributed by atoms with Gasteiger partial charge >= 0.3 is 0 Å². The first-order chi connectivity index (χ1) is 9.00. The third kappa shape index (κ3) is 11.0. The summed E-state index contributed by atoms with van der Waals surface area (Å²) in [6.07, 6.45) is 10.2. The van der Waals surface area contributed by atoms with Gasteiger partial charge < -0.3 is 16.2 Å². The highest BCUT2D eigenvalue weighted by Crippen LogP contribution is 2.10. The number of unbranched alkanes of at least 4 members (excludes halogenated alkanes) is 6. The van der Waals surface area contributed by atoms with E-state index in [1.165, 1.54) is 32.1 Å². The van der Waals surface area contributed by atoms with Crippen LogP contribution in [0.1, 0.15) is 71.6 Å². The Morgan fingerprint density at radius 2 is 1.53 bits per heavy atom. The zero-order valence-electron chi connectivity index (χ0n) is 12.7. The summed E-state index contributed by atoms with van der Waals surface area (Å²) < 4.78 is 5.56. The normalized spacial score (nSPS) is 14.3. The molecule has 0 saturated heterocycles. The van der Waals surface area contributed by atoms with E-state index < -0.39 is 11.4 Å². The van der Waals surface area contributed by atoms with Gasteiger partial charge in [-0.1, -0.05) is 39.0 Å². The van der Waals surface area contributed by atoms with Gasteiger partial charge in [0.2, 0.25) is 5.91 Å². The van der Waals surface area contributed by atoms with Crippen LogP contribution in [0.25, 0.3) is 0 Å². The van der Waals surface area contributed by atoms with Crippen LogP contribution in [0.3, 0.4) is 0 Å². The van der Waals surface area contributed by atoms with E-state index in [2.05, 4.69) is 6.92 Å². The molecule has 0 radical (unpaired) electrons. The van der Waals surface area contributed by atoms with Crippen LogP contribution in [0.4, 0.5) is 0 Å². The molecule has 0 heterocycles. The van der Waals surface area contributed by atoms with Gasteiger partial charge in [-0.3, -0.25) is 4.79 Å². The molecule has 0 rings (SSSR count). The van der Waals surface area contributed by atoms with Crippen molar-refractivity contribution in [2.75, 3.05) is 13.2 Å². The number of carbonyl (C=O) groups is 1. The lowest BCUT2D eigenvalue weighted by Gasteiger charge is -2.19. The molecule has 1 amide bonds. The molecule has 0 bridgehead atoms. The molecule has 1 unspecified atom stereocenters. The molecule has 0 fully saturated rings. The lowest BCUT2D eigenvalue weighted by Crippen LogP contribution is -2.49. The molecule has 4 nitrogen and oxygen atoms in total. The third-order valence-electron chi connectivity index (χ3n) is 3.44. The molecule has 4 heteroatoms. The largest absolute Gasteiger partial charge is 0.381 e. The number of nitrogens with two attached hydrogens (primary N) is 2. The van der Waals surface area contributed by atoms with Crippen LogP contribution in [0.2, 0.25) is 0 Å². The second-order valence-electron chi connectivity index (χ2n) is 5.62. The minimum absolute atomic E-state index is 0.430. The Bertz CT molecular complexity index is 230. The average molecular weight is 272 g/mol. The zero-order chi connectivity index (χ0) is 14.6. The summed E-state index contributed by atoms with van der Waals surface area (Å²) in [7, 11) is 0. The van der Waals surface area contributed by atoms with Crippen LogP contribution >= 0.6 is 0 Å². The highest BCUT2D eigenvalue weighted by Gasteiger charge is 2.24. The summed E-state index contributed by atoms with van der Waals surface area (Å²) in [6.45, 7) is 5.52. The van der Waals surface area contributed by atoms with Crippen molar-refractivity contribution in [2.24, 2.45) is 11.5 Å². The average Bonchev–Trinajstić information content (AvgIpc) is 2.35. The van der Waals surface area contributed by atoms with Crippen molar-refractivity contribution in [3.8, 4) is 0 Å². The number of ether oxygens (including phenoxy) is 1. The summed E-state index contributed by atoms with van der Waals surface area (Å²) in [4.78, 5) is 11.0. The van der Waals surface area contributed by atoms with Crippen molar-refractivity contribution in [3.05, 3.63) is 0 Å². The van der Waals surface area contributed by atoms with Gasteiger partial charge in [0.25, 0.3) is 0 Å². The molecule has 0 aromatic carbocycles. The maximum atomic E-state index is 11.0. The van der Waals surface area contributed by atoms with Gasteiger partial charge in [0.05, 0.1) is 5.54 Å². The number of carbonyl (C=O) groups excluding carboxylic acids is 1. The molecule has 4 N–H and O–H groups in total. The van der Waals surface area contributed by atoms with E-state index in [0.29, 0.717) is 6.42 Å². The molecular formula is C15H32N2O2. The van der Waals surface area contributed by atoms with Crippen LogP contribution in [-0.2, 0) is 9.53 Å². The van der Waals surface area contributed by atoms with Crippen molar-refractivity contribution < 1.29 is 9.53 Å². The number of rotatable bonds is 13.